The van der Waals surface area contributed by atoms with Gasteiger partial charge in [-0.2, -0.15) is 0 Å². The zero-order valence-corrected chi connectivity index (χ0v) is 15.0. The average Bonchev–Trinajstić information content (AvgIpc) is 2.94. The van der Waals surface area contributed by atoms with Crippen LogP contribution in [0.25, 0.3) is 0 Å². The molecule has 1 fully saturated rings. The minimum absolute atomic E-state index is 0.0992. The van der Waals surface area contributed by atoms with Crippen molar-refractivity contribution in [2.75, 3.05) is 18.1 Å². The Balaban J connectivity index is 1.67. The first kappa shape index (κ1) is 16.4. The van der Waals surface area contributed by atoms with Crippen molar-refractivity contribution < 1.29 is 9.53 Å². The number of rotatable bonds is 2. The van der Waals surface area contributed by atoms with Crippen LogP contribution in [0, 0.1) is 6.92 Å². The number of carbonyl (C=O) groups excluding carboxylic acids is 1. The van der Waals surface area contributed by atoms with Crippen LogP contribution in [0.4, 0.5) is 10.5 Å². The number of hydrogen-bond donors (Lipinski definition) is 0. The lowest BCUT2D eigenvalue weighted by Crippen LogP contribution is -2.40. The largest absolute Gasteiger partial charge is 0.447 e. The van der Waals surface area contributed by atoms with E-state index >= 15 is 0 Å². The predicted octanol–water partition coefficient (Wildman–Crippen LogP) is 4.38. The molecular formula is C20H21ClN2O2. The van der Waals surface area contributed by atoms with Gasteiger partial charge in [0, 0.05) is 24.7 Å². The molecule has 1 saturated heterocycles. The van der Waals surface area contributed by atoms with Gasteiger partial charge in [-0.1, -0.05) is 41.9 Å². The van der Waals surface area contributed by atoms with Gasteiger partial charge < -0.3 is 4.74 Å². The van der Waals surface area contributed by atoms with Crippen LogP contribution in [0.1, 0.15) is 23.1 Å². The minimum Gasteiger partial charge on any atom is -0.447 e. The van der Waals surface area contributed by atoms with Crippen LogP contribution >= 0.6 is 11.6 Å². The normalized spacial score (nSPS) is 20.5. The van der Waals surface area contributed by atoms with Crippen molar-refractivity contribution in [3.8, 4) is 0 Å². The molecule has 0 radical (unpaired) electrons. The van der Waals surface area contributed by atoms with Crippen molar-refractivity contribution >= 4 is 23.4 Å². The van der Waals surface area contributed by atoms with Gasteiger partial charge in [-0.15, -0.1) is 0 Å². The SMILES string of the molecule is Cc1ccc2c(c1)N1C(=O)OCC1CCN(Cc1ccccc1Cl)C2. The summed E-state index contributed by atoms with van der Waals surface area (Å²) in [5.74, 6) is 0. The van der Waals surface area contributed by atoms with Gasteiger partial charge in [-0.05, 0) is 42.2 Å². The number of cyclic esters (lactones) is 1. The number of halogens is 1. The molecule has 2 aromatic rings. The van der Waals surface area contributed by atoms with Crippen LogP contribution in [-0.2, 0) is 17.8 Å². The van der Waals surface area contributed by atoms with Gasteiger partial charge >= 0.3 is 6.09 Å². The highest BCUT2D eigenvalue weighted by Gasteiger charge is 2.37. The lowest BCUT2D eigenvalue weighted by molar-refractivity contribution is 0.177. The van der Waals surface area contributed by atoms with Crippen LogP contribution in [0.2, 0.25) is 5.02 Å². The molecule has 2 aliphatic heterocycles. The molecule has 0 aromatic heterocycles. The molecule has 0 aliphatic carbocycles. The van der Waals surface area contributed by atoms with Crippen molar-refractivity contribution in [2.45, 2.75) is 32.5 Å². The van der Waals surface area contributed by atoms with Gasteiger partial charge in [0.15, 0.2) is 0 Å². The maximum Gasteiger partial charge on any atom is 0.414 e. The van der Waals surface area contributed by atoms with Crippen molar-refractivity contribution in [3.63, 3.8) is 0 Å². The van der Waals surface area contributed by atoms with Gasteiger partial charge in [-0.25, -0.2) is 4.79 Å². The van der Waals surface area contributed by atoms with Crippen LogP contribution in [-0.4, -0.2) is 30.2 Å². The van der Waals surface area contributed by atoms with E-state index < -0.39 is 0 Å². The highest BCUT2D eigenvalue weighted by molar-refractivity contribution is 6.31. The van der Waals surface area contributed by atoms with Crippen molar-refractivity contribution in [3.05, 3.63) is 64.2 Å². The molecule has 4 rings (SSSR count). The Morgan fingerprint density at radius 1 is 1.24 bits per heavy atom. The van der Waals surface area contributed by atoms with Crippen molar-refractivity contribution in [1.82, 2.24) is 4.90 Å². The summed E-state index contributed by atoms with van der Waals surface area (Å²) >= 11 is 6.35. The molecule has 2 aliphatic rings. The molecule has 130 valence electrons. The number of aryl methyl sites for hydroxylation is 1. The minimum atomic E-state index is -0.226. The fourth-order valence-electron chi connectivity index (χ4n) is 3.65. The Morgan fingerprint density at radius 2 is 2.08 bits per heavy atom. The first-order valence-corrected chi connectivity index (χ1v) is 9.01. The standard InChI is InChI=1S/C20H21ClN2O2/c1-14-6-7-16-12-22(11-15-4-2-3-5-18(15)21)9-8-17-13-25-20(24)23(17)19(16)10-14/h2-7,10,17H,8-9,11-13H2,1H3. The smallest absolute Gasteiger partial charge is 0.414 e. The predicted molar refractivity (Wildman–Crippen MR) is 99.0 cm³/mol. The second kappa shape index (κ2) is 6.70. The van der Waals surface area contributed by atoms with E-state index in [0.29, 0.717) is 6.61 Å². The van der Waals surface area contributed by atoms with E-state index in [1.54, 1.807) is 0 Å². The Bertz CT molecular complexity index is 808. The third-order valence-electron chi connectivity index (χ3n) is 4.99. The third-order valence-corrected chi connectivity index (χ3v) is 5.35. The number of fused-ring (bicyclic) bond motifs is 3. The fraction of sp³-hybridized carbons (Fsp3) is 0.350. The first-order valence-electron chi connectivity index (χ1n) is 8.63. The summed E-state index contributed by atoms with van der Waals surface area (Å²) in [5, 5.41) is 0.801. The fourth-order valence-corrected chi connectivity index (χ4v) is 3.85. The molecule has 2 aromatic carbocycles. The first-order chi connectivity index (χ1) is 12.1. The molecule has 0 bridgehead atoms. The molecular weight excluding hydrogens is 336 g/mol. The number of nitrogens with zero attached hydrogens (tertiary/aromatic N) is 2. The number of ether oxygens (including phenoxy) is 1. The van der Waals surface area contributed by atoms with Gasteiger partial charge in [0.1, 0.15) is 6.61 Å². The van der Waals surface area contributed by atoms with E-state index in [1.807, 2.05) is 23.1 Å². The monoisotopic (exact) mass is 356 g/mol. The number of hydrogen-bond acceptors (Lipinski definition) is 3. The lowest BCUT2D eigenvalue weighted by atomic mass is 10.0. The molecule has 1 atom stereocenters. The summed E-state index contributed by atoms with van der Waals surface area (Å²) in [6, 6.07) is 14.4. The van der Waals surface area contributed by atoms with Crippen LogP contribution < -0.4 is 4.90 Å². The molecule has 25 heavy (non-hydrogen) atoms. The third kappa shape index (κ3) is 3.24. The average molecular weight is 357 g/mol. The maximum absolute atomic E-state index is 12.2. The second-order valence-corrected chi connectivity index (χ2v) is 7.23. The Morgan fingerprint density at radius 3 is 2.92 bits per heavy atom. The van der Waals surface area contributed by atoms with Crippen molar-refractivity contribution in [2.24, 2.45) is 0 Å². The van der Waals surface area contributed by atoms with Gasteiger partial charge in [0.2, 0.25) is 0 Å². The summed E-state index contributed by atoms with van der Waals surface area (Å²) in [6.45, 7) is 5.01. The summed E-state index contributed by atoms with van der Waals surface area (Å²) in [4.78, 5) is 16.5. The Hall–Kier alpha value is -2.04. The molecule has 0 saturated carbocycles. The maximum atomic E-state index is 12.2. The van der Waals surface area contributed by atoms with Crippen LogP contribution in [0.3, 0.4) is 0 Å². The molecule has 0 spiro atoms. The van der Waals surface area contributed by atoms with Gasteiger partial charge in [0.05, 0.1) is 11.7 Å². The topological polar surface area (TPSA) is 32.8 Å². The van der Waals surface area contributed by atoms with Gasteiger partial charge in [-0.3, -0.25) is 9.80 Å². The highest BCUT2D eigenvalue weighted by atomic mass is 35.5. The summed E-state index contributed by atoms with van der Waals surface area (Å²) < 4.78 is 5.33. The summed E-state index contributed by atoms with van der Waals surface area (Å²) in [5.41, 5.74) is 4.42. The summed E-state index contributed by atoms with van der Waals surface area (Å²) in [6.07, 6.45) is 0.667. The zero-order chi connectivity index (χ0) is 17.4. The quantitative estimate of drug-likeness (QED) is 0.800. The lowest BCUT2D eigenvalue weighted by Gasteiger charge is -2.32. The molecule has 1 unspecified atom stereocenters. The van der Waals surface area contributed by atoms with E-state index in [0.717, 1.165) is 53.5 Å². The van der Waals surface area contributed by atoms with E-state index in [9.17, 15) is 4.79 Å². The molecule has 2 heterocycles. The summed E-state index contributed by atoms with van der Waals surface area (Å²) in [7, 11) is 0. The molecule has 0 N–H and O–H groups in total. The van der Waals surface area contributed by atoms with Crippen LogP contribution in [0.5, 0.6) is 0 Å². The number of anilines is 1. The Labute approximate surface area is 152 Å². The number of amides is 1. The van der Waals surface area contributed by atoms with E-state index in [-0.39, 0.29) is 12.1 Å². The molecule has 4 nitrogen and oxygen atoms in total. The van der Waals surface area contributed by atoms with E-state index in [2.05, 4.69) is 36.1 Å². The molecule has 5 heteroatoms. The highest BCUT2D eigenvalue weighted by Crippen LogP contribution is 2.33. The van der Waals surface area contributed by atoms with Crippen LogP contribution in [0.15, 0.2) is 42.5 Å². The zero-order valence-electron chi connectivity index (χ0n) is 14.2. The van der Waals surface area contributed by atoms with E-state index in [4.69, 9.17) is 16.3 Å². The molecule has 1 amide bonds. The van der Waals surface area contributed by atoms with E-state index in [1.165, 1.54) is 0 Å². The van der Waals surface area contributed by atoms with Gasteiger partial charge in [0.25, 0.3) is 0 Å². The number of benzene rings is 2. The Kier molecular flexibility index (Phi) is 4.40. The van der Waals surface area contributed by atoms with Crippen molar-refractivity contribution in [1.29, 1.82) is 0 Å². The second-order valence-electron chi connectivity index (χ2n) is 6.82. The number of carbonyl (C=O) groups is 1.